The van der Waals surface area contributed by atoms with Gasteiger partial charge in [0.25, 0.3) is 0 Å². The number of rotatable bonds is 9. The first-order valence-electron chi connectivity index (χ1n) is 13.8. The van der Waals surface area contributed by atoms with Crippen LogP contribution in [0.25, 0.3) is 22.6 Å². The van der Waals surface area contributed by atoms with Gasteiger partial charge in [-0.15, -0.1) is 0 Å². The molecule has 1 atom stereocenters. The SMILES string of the molecule is CNC[C@@H](O)COc1ccc(Cl)c(-c2nc(-c3c(C)noc3C)c(C)c(N3Cc4cnc(N5CC(F)C5)nc4C3)n2)c1. The predicted molar refractivity (Wildman–Crippen MR) is 157 cm³/mol. The van der Waals surface area contributed by atoms with Crippen molar-refractivity contribution < 1.29 is 18.8 Å². The molecule has 3 aromatic heterocycles. The Balaban J connectivity index is 1.39. The molecule has 13 heteroatoms. The third-order valence-corrected chi connectivity index (χ3v) is 7.84. The number of aliphatic hydroxyl groups is 1. The number of aliphatic hydroxyl groups excluding tert-OH is 1. The fourth-order valence-electron chi connectivity index (χ4n) is 5.28. The minimum atomic E-state index is -0.836. The molecule has 0 unspecified atom stereocenters. The number of nitrogens with zero attached hydrogens (tertiary/aromatic N) is 7. The number of alkyl halides is 1. The Bertz CT molecular complexity index is 1610. The monoisotopic (exact) mass is 594 g/mol. The summed E-state index contributed by atoms with van der Waals surface area (Å²) in [5, 5.41) is 17.6. The number of nitrogens with one attached hydrogen (secondary N) is 1. The van der Waals surface area contributed by atoms with Gasteiger partial charge in [-0.3, -0.25) is 0 Å². The minimum Gasteiger partial charge on any atom is -0.491 e. The number of hydrogen-bond donors (Lipinski definition) is 2. The van der Waals surface area contributed by atoms with Gasteiger partial charge in [-0.1, -0.05) is 16.8 Å². The van der Waals surface area contributed by atoms with Gasteiger partial charge >= 0.3 is 0 Å². The van der Waals surface area contributed by atoms with Crippen LogP contribution in [0.4, 0.5) is 16.2 Å². The zero-order valence-electron chi connectivity index (χ0n) is 23.9. The molecule has 1 saturated heterocycles. The summed E-state index contributed by atoms with van der Waals surface area (Å²) in [4.78, 5) is 23.2. The van der Waals surface area contributed by atoms with Gasteiger partial charge in [0.05, 0.1) is 47.3 Å². The van der Waals surface area contributed by atoms with E-state index in [0.717, 1.165) is 22.4 Å². The number of fused-ring (bicyclic) bond motifs is 1. The number of benzene rings is 1. The quantitative estimate of drug-likeness (QED) is 0.294. The number of anilines is 2. The highest BCUT2D eigenvalue weighted by molar-refractivity contribution is 6.33. The Morgan fingerprint density at radius 1 is 1.17 bits per heavy atom. The molecule has 2 aliphatic heterocycles. The number of aryl methyl sites for hydroxylation is 2. The largest absolute Gasteiger partial charge is 0.491 e. The van der Waals surface area contributed by atoms with E-state index in [1.807, 2.05) is 31.9 Å². The lowest BCUT2D eigenvalue weighted by Crippen LogP contribution is -2.49. The average molecular weight is 595 g/mol. The summed E-state index contributed by atoms with van der Waals surface area (Å²) in [6.45, 7) is 7.93. The van der Waals surface area contributed by atoms with Gasteiger partial charge in [0, 0.05) is 36.0 Å². The van der Waals surface area contributed by atoms with Crippen molar-refractivity contribution in [3.05, 3.63) is 57.7 Å². The van der Waals surface area contributed by atoms with Crippen LogP contribution in [0, 0.1) is 20.8 Å². The zero-order valence-corrected chi connectivity index (χ0v) is 24.6. The lowest BCUT2D eigenvalue weighted by molar-refractivity contribution is 0.108. The first-order chi connectivity index (χ1) is 20.2. The molecule has 5 heterocycles. The van der Waals surface area contributed by atoms with E-state index in [-0.39, 0.29) is 6.61 Å². The van der Waals surface area contributed by atoms with Crippen molar-refractivity contribution in [1.29, 1.82) is 0 Å². The zero-order chi connectivity index (χ0) is 29.5. The highest BCUT2D eigenvalue weighted by Crippen LogP contribution is 2.39. The molecule has 1 fully saturated rings. The fourth-order valence-corrected chi connectivity index (χ4v) is 5.49. The second kappa shape index (κ2) is 11.4. The van der Waals surface area contributed by atoms with E-state index in [2.05, 4.69) is 20.4 Å². The van der Waals surface area contributed by atoms with E-state index in [9.17, 15) is 9.50 Å². The molecule has 42 heavy (non-hydrogen) atoms. The molecule has 11 nitrogen and oxygen atoms in total. The molecule has 1 aromatic carbocycles. The fraction of sp³-hybridized carbons (Fsp3) is 0.414. The average Bonchev–Trinajstić information content (AvgIpc) is 3.53. The predicted octanol–water partition coefficient (Wildman–Crippen LogP) is 3.80. The third-order valence-electron chi connectivity index (χ3n) is 7.51. The molecule has 2 N–H and O–H groups in total. The summed E-state index contributed by atoms with van der Waals surface area (Å²) in [5.41, 5.74) is 5.52. The number of halogens is 2. The van der Waals surface area contributed by atoms with E-state index in [1.54, 1.807) is 25.2 Å². The molecule has 0 spiro atoms. The molecule has 0 bridgehead atoms. The number of hydrogen-bond acceptors (Lipinski definition) is 11. The van der Waals surface area contributed by atoms with Crippen molar-refractivity contribution in [1.82, 2.24) is 30.4 Å². The van der Waals surface area contributed by atoms with Gasteiger partial charge in [-0.25, -0.2) is 24.3 Å². The van der Waals surface area contributed by atoms with Crippen molar-refractivity contribution >= 4 is 23.4 Å². The van der Waals surface area contributed by atoms with Gasteiger partial charge in [0.2, 0.25) is 5.95 Å². The van der Waals surface area contributed by atoms with E-state index < -0.39 is 12.3 Å². The smallest absolute Gasteiger partial charge is 0.225 e. The molecule has 6 rings (SSSR count). The van der Waals surface area contributed by atoms with Crippen molar-refractivity contribution in [2.75, 3.05) is 43.1 Å². The van der Waals surface area contributed by atoms with Crippen LogP contribution < -0.4 is 19.9 Å². The van der Waals surface area contributed by atoms with Gasteiger partial charge < -0.3 is 29.5 Å². The summed E-state index contributed by atoms with van der Waals surface area (Å²) in [6.07, 6.45) is 0.315. The Hall–Kier alpha value is -3.87. The standard InChI is InChI=1S/C29H32ClFN8O3/c1-15-26(25-16(2)37-42-17(25)3)35-27(22-7-21(5-6-23(22)30)41-14-20(40)9-32-4)36-28(15)38-10-18-8-33-29(34-24(18)13-38)39-11-19(31)12-39/h5-8,19-20,32,40H,9-14H2,1-4H3/t20-/m1/s1. The molecule has 220 valence electrons. The minimum absolute atomic E-state index is 0.116. The second-order valence-corrected chi connectivity index (χ2v) is 11.1. The summed E-state index contributed by atoms with van der Waals surface area (Å²) in [7, 11) is 1.77. The molecule has 0 radical (unpaired) electrons. The molecular weight excluding hydrogens is 563 g/mol. The molecule has 0 aliphatic carbocycles. The van der Waals surface area contributed by atoms with Gasteiger partial charge in [0.1, 0.15) is 36.2 Å². The lowest BCUT2D eigenvalue weighted by Gasteiger charge is -2.34. The normalized spacial score (nSPS) is 15.6. The van der Waals surface area contributed by atoms with Crippen LogP contribution in [0.1, 0.15) is 28.3 Å². The topological polar surface area (TPSA) is 126 Å². The first-order valence-corrected chi connectivity index (χ1v) is 14.2. The second-order valence-electron chi connectivity index (χ2n) is 10.7. The van der Waals surface area contributed by atoms with E-state index in [4.69, 9.17) is 35.8 Å². The number of ether oxygens (including phenoxy) is 1. The highest BCUT2D eigenvalue weighted by Gasteiger charge is 2.32. The molecular formula is C29H32ClFN8O3. The van der Waals surface area contributed by atoms with Crippen LogP contribution >= 0.6 is 11.6 Å². The van der Waals surface area contributed by atoms with Gasteiger partial charge in [0.15, 0.2) is 5.82 Å². The Morgan fingerprint density at radius 2 is 1.98 bits per heavy atom. The van der Waals surface area contributed by atoms with Crippen molar-refractivity contribution in [3.63, 3.8) is 0 Å². The Labute approximate surface area is 247 Å². The molecule has 4 aromatic rings. The van der Waals surface area contributed by atoms with Crippen molar-refractivity contribution in [2.45, 2.75) is 46.1 Å². The summed E-state index contributed by atoms with van der Waals surface area (Å²) >= 11 is 6.70. The third kappa shape index (κ3) is 5.37. The van der Waals surface area contributed by atoms with Gasteiger partial charge in [-0.05, 0) is 46.0 Å². The van der Waals surface area contributed by atoms with E-state index in [0.29, 0.717) is 83.8 Å². The highest BCUT2D eigenvalue weighted by atomic mass is 35.5. The van der Waals surface area contributed by atoms with Crippen LogP contribution in [0.15, 0.2) is 28.9 Å². The number of aromatic nitrogens is 5. The van der Waals surface area contributed by atoms with Crippen molar-refractivity contribution in [3.8, 4) is 28.4 Å². The summed E-state index contributed by atoms with van der Waals surface area (Å²) in [6, 6.07) is 5.26. The Morgan fingerprint density at radius 3 is 2.69 bits per heavy atom. The number of likely N-dealkylation sites (N-methyl/N-ethyl adjacent to an activating group) is 1. The van der Waals surface area contributed by atoms with Crippen molar-refractivity contribution in [2.24, 2.45) is 0 Å². The van der Waals surface area contributed by atoms with Crippen LogP contribution in [0.3, 0.4) is 0 Å². The maximum absolute atomic E-state index is 13.4. The molecule has 0 amide bonds. The first kappa shape index (κ1) is 28.3. The maximum atomic E-state index is 13.4. The molecule has 2 aliphatic rings. The lowest BCUT2D eigenvalue weighted by atomic mass is 10.0. The summed E-state index contributed by atoms with van der Waals surface area (Å²) in [5.74, 6) is 2.86. The molecule has 0 saturated carbocycles. The van der Waals surface area contributed by atoms with E-state index >= 15 is 0 Å². The van der Waals surface area contributed by atoms with Crippen LogP contribution in [-0.2, 0) is 13.1 Å². The van der Waals surface area contributed by atoms with E-state index in [1.165, 1.54) is 0 Å². The van der Waals surface area contributed by atoms with Gasteiger partial charge in [-0.2, -0.15) is 0 Å². The Kier molecular flexibility index (Phi) is 7.69. The van der Waals surface area contributed by atoms with Crippen LogP contribution in [-0.4, -0.2) is 75.8 Å². The maximum Gasteiger partial charge on any atom is 0.225 e. The summed E-state index contributed by atoms with van der Waals surface area (Å²) < 4.78 is 24.8. The van der Waals surface area contributed by atoms with Crippen LogP contribution in [0.5, 0.6) is 5.75 Å². The van der Waals surface area contributed by atoms with Crippen LogP contribution in [0.2, 0.25) is 5.02 Å².